The van der Waals surface area contributed by atoms with Gasteiger partial charge in [-0.05, 0) is 74.0 Å². The number of hydrogen-bond acceptors (Lipinski definition) is 8. The minimum absolute atomic E-state index is 0.0379. The molecular weight excluding hydrogens is 639 g/mol. The summed E-state index contributed by atoms with van der Waals surface area (Å²) in [5.74, 6) is -0.297. The van der Waals surface area contributed by atoms with E-state index in [1.165, 1.54) is 22.9 Å². The van der Waals surface area contributed by atoms with Gasteiger partial charge in [-0.3, -0.25) is 14.6 Å². The maximum atomic E-state index is 14.2. The largest absolute Gasteiger partial charge is 0.389 e. The van der Waals surface area contributed by atoms with Crippen LogP contribution in [0, 0.1) is 19.8 Å². The number of amides is 2. The summed E-state index contributed by atoms with van der Waals surface area (Å²) in [6.45, 7) is 5.80. The van der Waals surface area contributed by atoms with Gasteiger partial charge in [-0.2, -0.15) is 4.37 Å². The van der Waals surface area contributed by atoms with Crippen LogP contribution in [0.4, 0.5) is 0 Å². The van der Waals surface area contributed by atoms with Crippen LogP contribution in [0.5, 0.6) is 0 Å². The van der Waals surface area contributed by atoms with E-state index in [0.717, 1.165) is 38.6 Å². The summed E-state index contributed by atoms with van der Waals surface area (Å²) in [6, 6.07) is 24.2. The number of likely N-dealkylation sites (tertiary alicyclic amines) is 2. The fraction of sp³-hybridized carbons (Fsp3) is 0.342. The monoisotopic (exact) mass is 677 g/mol. The third-order valence-corrected chi connectivity index (χ3v) is 11.6. The van der Waals surface area contributed by atoms with E-state index in [9.17, 15) is 14.7 Å². The quantitative estimate of drug-likeness (QED) is 0.204. The molecule has 0 aliphatic carbocycles. The topological polar surface area (TPSA) is 99.5 Å². The number of aromatic nitrogens is 3. The van der Waals surface area contributed by atoms with Crippen molar-refractivity contribution in [3.63, 3.8) is 0 Å². The van der Waals surface area contributed by atoms with E-state index in [0.29, 0.717) is 62.4 Å². The lowest BCUT2D eigenvalue weighted by atomic mass is 9.78. The number of thiazole rings is 1. The van der Waals surface area contributed by atoms with Gasteiger partial charge in [-0.15, -0.1) is 11.3 Å². The van der Waals surface area contributed by atoms with Crippen LogP contribution < -0.4 is 0 Å². The molecule has 2 saturated heterocycles. The number of piperidine rings is 2. The van der Waals surface area contributed by atoms with Gasteiger partial charge in [0.05, 0.1) is 17.0 Å². The molecule has 2 aliphatic rings. The van der Waals surface area contributed by atoms with Gasteiger partial charge in [-0.25, -0.2) is 4.98 Å². The second kappa shape index (κ2) is 13.7. The van der Waals surface area contributed by atoms with E-state index in [1.54, 1.807) is 6.20 Å². The van der Waals surface area contributed by atoms with E-state index in [1.807, 2.05) is 77.6 Å². The lowest BCUT2D eigenvalue weighted by Gasteiger charge is -2.43. The van der Waals surface area contributed by atoms with Crippen molar-refractivity contribution in [2.24, 2.45) is 5.92 Å². The molecule has 2 aliphatic heterocycles. The Balaban J connectivity index is 1.05. The number of hydrogen-bond donors (Lipinski definition) is 1. The number of benzene rings is 2. The highest BCUT2D eigenvalue weighted by Gasteiger charge is 2.42. The highest BCUT2D eigenvalue weighted by Crippen LogP contribution is 2.38. The van der Waals surface area contributed by atoms with E-state index in [2.05, 4.69) is 33.6 Å². The minimum atomic E-state index is -0.891. The maximum absolute atomic E-state index is 14.2. The molecule has 1 N–H and O–H groups in total. The van der Waals surface area contributed by atoms with Gasteiger partial charge in [0.25, 0.3) is 5.91 Å². The number of carbonyl (C=O) groups is 2. The molecule has 246 valence electrons. The SMILES string of the molecule is Cc1ccc(-c2nc(C)c(C(=O)N3CC[C@@H](C(=O)N4CCC(O)(Cc5ccccc5-c5ccsn5)CC4)[C@H](c4ccccc4)C3)s2)cn1. The first-order chi connectivity index (χ1) is 23.3. The van der Waals surface area contributed by atoms with Crippen LogP contribution in [-0.2, 0) is 11.2 Å². The Morgan fingerprint density at radius 3 is 2.44 bits per heavy atom. The average Bonchev–Trinajstić information content (AvgIpc) is 3.79. The van der Waals surface area contributed by atoms with Crippen molar-refractivity contribution in [2.75, 3.05) is 26.2 Å². The Morgan fingerprint density at radius 2 is 1.71 bits per heavy atom. The molecule has 8 nitrogen and oxygen atoms in total. The summed E-state index contributed by atoms with van der Waals surface area (Å²) in [5.41, 5.74) is 5.77. The van der Waals surface area contributed by atoms with Crippen LogP contribution in [-0.4, -0.2) is 72.8 Å². The Labute approximate surface area is 289 Å². The van der Waals surface area contributed by atoms with E-state index in [-0.39, 0.29) is 23.7 Å². The normalized spacial score (nSPS) is 19.3. The zero-order valence-corrected chi connectivity index (χ0v) is 28.8. The first-order valence-electron chi connectivity index (χ1n) is 16.5. The van der Waals surface area contributed by atoms with Crippen LogP contribution >= 0.6 is 22.9 Å². The maximum Gasteiger partial charge on any atom is 0.265 e. The molecule has 10 heteroatoms. The summed E-state index contributed by atoms with van der Waals surface area (Å²) in [4.78, 5) is 41.7. The number of aryl methyl sites for hydroxylation is 2. The fourth-order valence-electron chi connectivity index (χ4n) is 7.11. The number of nitrogens with zero attached hydrogens (tertiary/aromatic N) is 5. The molecule has 5 heterocycles. The number of pyridine rings is 1. The van der Waals surface area contributed by atoms with Crippen LogP contribution in [0.25, 0.3) is 21.8 Å². The van der Waals surface area contributed by atoms with Crippen molar-refractivity contribution in [3.05, 3.63) is 112 Å². The van der Waals surface area contributed by atoms with E-state index in [4.69, 9.17) is 4.98 Å². The highest BCUT2D eigenvalue weighted by molar-refractivity contribution is 7.17. The van der Waals surface area contributed by atoms with Crippen molar-refractivity contribution in [1.82, 2.24) is 24.1 Å². The lowest BCUT2D eigenvalue weighted by Crippen LogP contribution is -2.52. The van der Waals surface area contributed by atoms with E-state index < -0.39 is 5.60 Å². The van der Waals surface area contributed by atoms with Gasteiger partial charge < -0.3 is 14.9 Å². The van der Waals surface area contributed by atoms with Crippen molar-refractivity contribution in [2.45, 2.75) is 51.0 Å². The van der Waals surface area contributed by atoms with Crippen LogP contribution in [0.3, 0.4) is 0 Å². The molecule has 3 aromatic heterocycles. The molecule has 0 unspecified atom stereocenters. The molecule has 0 saturated carbocycles. The molecule has 2 fully saturated rings. The van der Waals surface area contributed by atoms with Crippen LogP contribution in [0.2, 0.25) is 0 Å². The van der Waals surface area contributed by atoms with Crippen LogP contribution in [0.1, 0.15) is 57.4 Å². The molecular formula is C38H39N5O3S2. The molecule has 2 amide bonds. The first-order valence-corrected chi connectivity index (χ1v) is 18.2. The summed E-state index contributed by atoms with van der Waals surface area (Å²) >= 11 is 2.83. The fourth-order valence-corrected chi connectivity index (χ4v) is 8.66. The Hall–Kier alpha value is -4.25. The standard InChI is InChI=1S/C38H39N5O3S2/c1-25-12-13-29(23-39-25)35-40-26(2)34(48-35)37(45)43-18-14-31(32(24-43)27-8-4-3-5-9-27)36(44)42-19-16-38(46,17-20-42)22-28-10-6-7-11-30(28)33-15-21-47-41-33/h3-13,15,21,23,31-32,46H,14,16-20,22,24H2,1-2H3/t31-,32+/m1/s1. The lowest BCUT2D eigenvalue weighted by molar-refractivity contribution is -0.142. The van der Waals surface area contributed by atoms with Gasteiger partial charge in [0.15, 0.2) is 0 Å². The predicted octanol–water partition coefficient (Wildman–Crippen LogP) is 6.79. The Bertz CT molecular complexity index is 1880. The smallest absolute Gasteiger partial charge is 0.265 e. The van der Waals surface area contributed by atoms with Gasteiger partial charge in [0.2, 0.25) is 5.91 Å². The van der Waals surface area contributed by atoms with E-state index >= 15 is 0 Å². The molecule has 0 bridgehead atoms. The number of aliphatic hydroxyl groups is 1. The molecule has 2 atom stereocenters. The first kappa shape index (κ1) is 32.3. The Kier molecular flexibility index (Phi) is 9.22. The summed E-state index contributed by atoms with van der Waals surface area (Å²) in [7, 11) is 0. The number of rotatable bonds is 7. The Morgan fingerprint density at radius 1 is 0.938 bits per heavy atom. The molecule has 7 rings (SSSR count). The second-order valence-corrected chi connectivity index (χ2v) is 14.7. The van der Waals surface area contributed by atoms with Crippen molar-refractivity contribution in [1.29, 1.82) is 0 Å². The van der Waals surface area contributed by atoms with Crippen LogP contribution in [0.15, 0.2) is 84.4 Å². The van der Waals surface area contributed by atoms with Gasteiger partial charge >= 0.3 is 0 Å². The molecule has 2 aromatic carbocycles. The minimum Gasteiger partial charge on any atom is -0.389 e. The molecule has 48 heavy (non-hydrogen) atoms. The second-order valence-electron chi connectivity index (χ2n) is 13.1. The average molecular weight is 678 g/mol. The third-order valence-electron chi connectivity index (χ3n) is 9.85. The zero-order chi connectivity index (χ0) is 33.3. The van der Waals surface area contributed by atoms with Crippen molar-refractivity contribution in [3.8, 4) is 21.8 Å². The summed E-state index contributed by atoms with van der Waals surface area (Å²) in [5, 5.41) is 14.4. The molecule has 0 radical (unpaired) electrons. The molecule has 5 aromatic rings. The predicted molar refractivity (Wildman–Crippen MR) is 190 cm³/mol. The zero-order valence-electron chi connectivity index (χ0n) is 27.2. The van der Waals surface area contributed by atoms with Gasteiger partial charge in [-0.1, -0.05) is 54.6 Å². The summed E-state index contributed by atoms with van der Waals surface area (Å²) < 4.78 is 4.51. The molecule has 0 spiro atoms. The van der Waals surface area contributed by atoms with Crippen molar-refractivity contribution >= 4 is 34.7 Å². The number of carbonyl (C=O) groups excluding carboxylic acids is 2. The van der Waals surface area contributed by atoms with Gasteiger partial charge in [0, 0.05) is 72.8 Å². The third kappa shape index (κ3) is 6.70. The van der Waals surface area contributed by atoms with Gasteiger partial charge in [0.1, 0.15) is 9.88 Å². The summed E-state index contributed by atoms with van der Waals surface area (Å²) in [6.07, 6.45) is 3.93. The highest BCUT2D eigenvalue weighted by atomic mass is 32.1. The van der Waals surface area contributed by atoms with Crippen molar-refractivity contribution < 1.29 is 14.7 Å².